The Balaban J connectivity index is 3.17. The van der Waals surface area contributed by atoms with Crippen molar-refractivity contribution in [2.75, 3.05) is 0 Å². The van der Waals surface area contributed by atoms with Gasteiger partial charge in [-0.05, 0) is 38.5 Å². The van der Waals surface area contributed by atoms with Crippen LogP contribution >= 0.6 is 0 Å². The normalized spacial score (nSPS) is 12.4. The molecule has 0 heteroatoms. The smallest absolute Gasteiger partial charge is 0.0347 e. The standard InChI is InChI=1S/C15H26/c1-3-5-7-9-11-13-15-14-12-10-8-6-4-2/h5,7-11H,3-4,6,12-15H2,1-2H3/b7-5+,10-8+,11-9+. The number of rotatable bonds is 9. The van der Waals surface area contributed by atoms with Gasteiger partial charge in [0.2, 0.25) is 0 Å². The van der Waals surface area contributed by atoms with E-state index in [1.807, 2.05) is 0 Å². The monoisotopic (exact) mass is 206 g/mol. The molecular weight excluding hydrogens is 180 g/mol. The van der Waals surface area contributed by atoms with Gasteiger partial charge in [-0.1, -0.05) is 56.7 Å². The highest BCUT2D eigenvalue weighted by Gasteiger charge is 1.82. The van der Waals surface area contributed by atoms with Gasteiger partial charge in [0.05, 0.1) is 0 Å². The second-order valence-corrected chi connectivity index (χ2v) is 3.81. The first-order valence-corrected chi connectivity index (χ1v) is 6.38. The minimum atomic E-state index is 1.13. The lowest BCUT2D eigenvalue weighted by Crippen LogP contribution is -1.72. The number of hydrogen-bond donors (Lipinski definition) is 0. The van der Waals surface area contributed by atoms with Crippen LogP contribution in [0, 0.1) is 0 Å². The molecule has 0 amide bonds. The zero-order valence-electron chi connectivity index (χ0n) is 10.4. The van der Waals surface area contributed by atoms with Crippen molar-refractivity contribution in [3.8, 4) is 0 Å². The van der Waals surface area contributed by atoms with E-state index in [1.165, 1.54) is 38.5 Å². The van der Waals surface area contributed by atoms with E-state index < -0.39 is 0 Å². The molecule has 0 rings (SSSR count). The minimum Gasteiger partial charge on any atom is -0.0885 e. The predicted molar refractivity (Wildman–Crippen MR) is 71.1 cm³/mol. The van der Waals surface area contributed by atoms with Gasteiger partial charge in [0, 0.05) is 0 Å². The molecule has 0 fully saturated rings. The highest BCUT2D eigenvalue weighted by molar-refractivity contribution is 5.01. The van der Waals surface area contributed by atoms with E-state index in [9.17, 15) is 0 Å². The Kier molecular flexibility index (Phi) is 12.5. The number of hydrogen-bond acceptors (Lipinski definition) is 0. The Morgan fingerprint density at radius 1 is 0.667 bits per heavy atom. The van der Waals surface area contributed by atoms with Crippen LogP contribution in [0.2, 0.25) is 0 Å². The summed E-state index contributed by atoms with van der Waals surface area (Å²) in [5, 5.41) is 0. The third-order valence-corrected chi connectivity index (χ3v) is 2.23. The van der Waals surface area contributed by atoms with E-state index in [2.05, 4.69) is 50.3 Å². The quantitative estimate of drug-likeness (QED) is 0.268. The average molecular weight is 206 g/mol. The van der Waals surface area contributed by atoms with Crippen LogP contribution in [0.5, 0.6) is 0 Å². The molecular formula is C15H26. The fourth-order valence-corrected chi connectivity index (χ4v) is 1.32. The lowest BCUT2D eigenvalue weighted by atomic mass is 10.1. The average Bonchev–Trinajstić information content (AvgIpc) is 2.26. The molecule has 0 aliphatic heterocycles. The summed E-state index contributed by atoms with van der Waals surface area (Å²) < 4.78 is 0. The second-order valence-electron chi connectivity index (χ2n) is 3.81. The van der Waals surface area contributed by atoms with Crippen molar-refractivity contribution in [2.45, 2.75) is 58.8 Å². The minimum absolute atomic E-state index is 1.13. The van der Waals surface area contributed by atoms with E-state index >= 15 is 0 Å². The molecule has 0 spiro atoms. The Bertz CT molecular complexity index is 184. The summed E-state index contributed by atoms with van der Waals surface area (Å²) in [5.41, 5.74) is 0. The fraction of sp³-hybridized carbons (Fsp3) is 0.600. The van der Waals surface area contributed by atoms with Gasteiger partial charge in [0.25, 0.3) is 0 Å². The van der Waals surface area contributed by atoms with Gasteiger partial charge in [-0.15, -0.1) is 0 Å². The summed E-state index contributed by atoms with van der Waals surface area (Å²) >= 11 is 0. The van der Waals surface area contributed by atoms with Crippen LogP contribution in [0.25, 0.3) is 0 Å². The van der Waals surface area contributed by atoms with Gasteiger partial charge in [-0.3, -0.25) is 0 Å². The highest BCUT2D eigenvalue weighted by atomic mass is 13.9. The molecule has 0 nitrogen and oxygen atoms in total. The highest BCUT2D eigenvalue weighted by Crippen LogP contribution is 2.02. The first-order valence-electron chi connectivity index (χ1n) is 6.38. The Hall–Kier alpha value is -0.780. The molecule has 86 valence electrons. The van der Waals surface area contributed by atoms with E-state index in [0.717, 1.165) is 6.42 Å². The Morgan fingerprint density at radius 3 is 1.93 bits per heavy atom. The molecule has 0 aliphatic rings. The Labute approximate surface area is 95.8 Å². The first-order chi connectivity index (χ1) is 7.41. The molecule has 0 aromatic heterocycles. The summed E-state index contributed by atoms with van der Waals surface area (Å²) in [6, 6.07) is 0. The molecule has 0 N–H and O–H groups in total. The van der Waals surface area contributed by atoms with Gasteiger partial charge < -0.3 is 0 Å². The fourth-order valence-electron chi connectivity index (χ4n) is 1.32. The maximum absolute atomic E-state index is 2.32. The van der Waals surface area contributed by atoms with Gasteiger partial charge in [-0.2, -0.15) is 0 Å². The SMILES string of the molecule is CC/C=C/C=C/CCCC/C=C/CCC. The van der Waals surface area contributed by atoms with Crippen LogP contribution < -0.4 is 0 Å². The molecule has 0 unspecified atom stereocenters. The Morgan fingerprint density at radius 2 is 1.27 bits per heavy atom. The lowest BCUT2D eigenvalue weighted by Gasteiger charge is -1.92. The van der Waals surface area contributed by atoms with Crippen LogP contribution in [0.4, 0.5) is 0 Å². The summed E-state index contributed by atoms with van der Waals surface area (Å²) in [6.07, 6.45) is 22.1. The molecule has 0 bridgehead atoms. The molecule has 0 aromatic rings. The van der Waals surface area contributed by atoms with Gasteiger partial charge in [0.1, 0.15) is 0 Å². The second kappa shape index (κ2) is 13.2. The van der Waals surface area contributed by atoms with Crippen LogP contribution in [-0.2, 0) is 0 Å². The maximum Gasteiger partial charge on any atom is -0.0347 e. The number of unbranched alkanes of at least 4 members (excludes halogenated alkanes) is 4. The van der Waals surface area contributed by atoms with E-state index in [0.29, 0.717) is 0 Å². The van der Waals surface area contributed by atoms with Crippen LogP contribution in [0.3, 0.4) is 0 Å². The van der Waals surface area contributed by atoms with Crippen molar-refractivity contribution >= 4 is 0 Å². The van der Waals surface area contributed by atoms with Crippen molar-refractivity contribution in [3.63, 3.8) is 0 Å². The van der Waals surface area contributed by atoms with E-state index in [4.69, 9.17) is 0 Å². The van der Waals surface area contributed by atoms with Gasteiger partial charge in [0.15, 0.2) is 0 Å². The molecule has 15 heavy (non-hydrogen) atoms. The molecule has 0 aliphatic carbocycles. The summed E-state index contributed by atoms with van der Waals surface area (Å²) in [7, 11) is 0. The zero-order valence-corrected chi connectivity index (χ0v) is 10.4. The van der Waals surface area contributed by atoms with Crippen LogP contribution in [0.1, 0.15) is 58.8 Å². The largest absolute Gasteiger partial charge is 0.0885 e. The van der Waals surface area contributed by atoms with Crippen molar-refractivity contribution in [1.29, 1.82) is 0 Å². The van der Waals surface area contributed by atoms with E-state index in [1.54, 1.807) is 0 Å². The van der Waals surface area contributed by atoms with Crippen molar-refractivity contribution in [2.24, 2.45) is 0 Å². The lowest BCUT2D eigenvalue weighted by molar-refractivity contribution is 0.759. The summed E-state index contributed by atoms with van der Waals surface area (Å²) in [6.45, 7) is 4.38. The molecule has 0 saturated carbocycles. The van der Waals surface area contributed by atoms with Gasteiger partial charge in [-0.25, -0.2) is 0 Å². The van der Waals surface area contributed by atoms with Crippen molar-refractivity contribution < 1.29 is 0 Å². The third-order valence-electron chi connectivity index (χ3n) is 2.23. The topological polar surface area (TPSA) is 0 Å². The zero-order chi connectivity index (χ0) is 11.2. The first kappa shape index (κ1) is 14.2. The molecule has 0 saturated heterocycles. The molecule has 0 radical (unpaired) electrons. The third kappa shape index (κ3) is 13.2. The van der Waals surface area contributed by atoms with Gasteiger partial charge >= 0.3 is 0 Å². The summed E-state index contributed by atoms with van der Waals surface area (Å²) in [5.74, 6) is 0. The van der Waals surface area contributed by atoms with Crippen molar-refractivity contribution in [1.82, 2.24) is 0 Å². The molecule has 0 aromatic carbocycles. The summed E-state index contributed by atoms with van der Waals surface area (Å²) in [4.78, 5) is 0. The van der Waals surface area contributed by atoms with Crippen LogP contribution in [-0.4, -0.2) is 0 Å². The number of allylic oxidation sites excluding steroid dienone is 6. The maximum atomic E-state index is 2.32. The molecule has 0 atom stereocenters. The van der Waals surface area contributed by atoms with Crippen LogP contribution in [0.15, 0.2) is 36.5 Å². The van der Waals surface area contributed by atoms with Crippen molar-refractivity contribution in [3.05, 3.63) is 36.5 Å². The molecule has 0 heterocycles. The van der Waals surface area contributed by atoms with E-state index in [-0.39, 0.29) is 0 Å². The predicted octanol–water partition coefficient (Wildman–Crippen LogP) is 5.43.